The fraction of sp³-hybridized carbons (Fsp3) is 0.385. The van der Waals surface area contributed by atoms with Gasteiger partial charge in [-0.1, -0.05) is 6.92 Å². The monoisotopic (exact) mass is 269 g/mol. The van der Waals surface area contributed by atoms with Gasteiger partial charge in [-0.25, -0.2) is 4.79 Å². The van der Waals surface area contributed by atoms with Crippen LogP contribution in [0, 0.1) is 11.3 Å². The molecule has 0 aliphatic carbocycles. The third kappa shape index (κ3) is 3.65. The van der Waals surface area contributed by atoms with E-state index in [1.807, 2.05) is 6.07 Å². The van der Waals surface area contributed by atoms with Crippen molar-refractivity contribution in [2.45, 2.75) is 26.9 Å². The summed E-state index contributed by atoms with van der Waals surface area (Å²) in [6.07, 6.45) is 0.412. The number of ether oxygens (including phenoxy) is 2. The number of halogens is 2. The molecule has 0 spiro atoms. The van der Waals surface area contributed by atoms with Gasteiger partial charge in [0.1, 0.15) is 11.8 Å². The van der Waals surface area contributed by atoms with Gasteiger partial charge < -0.3 is 9.47 Å². The molecular weight excluding hydrogens is 256 g/mol. The lowest BCUT2D eigenvalue weighted by Gasteiger charge is -2.12. The normalized spacial score (nSPS) is 10.1. The molecule has 0 radical (unpaired) electrons. The molecular formula is C13H13F2NO3. The van der Waals surface area contributed by atoms with E-state index < -0.39 is 12.6 Å². The fourth-order valence-corrected chi connectivity index (χ4v) is 1.60. The number of rotatable bonds is 5. The van der Waals surface area contributed by atoms with Crippen LogP contribution in [-0.2, 0) is 11.2 Å². The predicted octanol–water partition coefficient (Wildman–Crippen LogP) is 2.90. The van der Waals surface area contributed by atoms with Crippen molar-refractivity contribution in [1.82, 2.24) is 0 Å². The Labute approximate surface area is 109 Å². The number of alkyl halides is 2. The van der Waals surface area contributed by atoms with E-state index in [-0.39, 0.29) is 23.5 Å². The second-order valence-corrected chi connectivity index (χ2v) is 3.57. The second kappa shape index (κ2) is 6.69. The number of esters is 1. The highest BCUT2D eigenvalue weighted by atomic mass is 19.3. The summed E-state index contributed by atoms with van der Waals surface area (Å²) in [6.45, 7) is 0.496. The first kappa shape index (κ1) is 14.9. The van der Waals surface area contributed by atoms with Gasteiger partial charge in [-0.3, -0.25) is 0 Å². The summed E-state index contributed by atoms with van der Waals surface area (Å²) in [5.74, 6) is -0.944. The van der Waals surface area contributed by atoms with E-state index in [4.69, 9.17) is 10.00 Å². The Kier molecular flexibility index (Phi) is 5.24. The Bertz CT molecular complexity index is 509. The minimum absolute atomic E-state index is 0.0100. The molecule has 0 aromatic heterocycles. The van der Waals surface area contributed by atoms with Gasteiger partial charge in [0.15, 0.2) is 0 Å². The van der Waals surface area contributed by atoms with Gasteiger partial charge in [0.25, 0.3) is 0 Å². The highest BCUT2D eigenvalue weighted by Gasteiger charge is 2.18. The van der Waals surface area contributed by atoms with Crippen LogP contribution in [0.15, 0.2) is 12.1 Å². The average Bonchev–Trinajstić information content (AvgIpc) is 2.37. The third-order valence-corrected chi connectivity index (χ3v) is 2.40. The van der Waals surface area contributed by atoms with Crippen LogP contribution in [0.5, 0.6) is 5.75 Å². The molecule has 0 saturated carbocycles. The van der Waals surface area contributed by atoms with Crippen molar-refractivity contribution in [2.75, 3.05) is 6.61 Å². The third-order valence-electron chi connectivity index (χ3n) is 2.40. The molecule has 0 heterocycles. The number of hydrogen-bond acceptors (Lipinski definition) is 4. The van der Waals surface area contributed by atoms with Crippen LogP contribution >= 0.6 is 0 Å². The van der Waals surface area contributed by atoms with Gasteiger partial charge in [0.05, 0.1) is 17.7 Å². The summed E-state index contributed by atoms with van der Waals surface area (Å²) in [5, 5.41) is 8.99. The van der Waals surface area contributed by atoms with E-state index in [0.717, 1.165) is 6.07 Å². The lowest BCUT2D eigenvalue weighted by atomic mass is 10.0. The molecule has 1 aromatic rings. The maximum absolute atomic E-state index is 12.3. The Morgan fingerprint density at radius 3 is 2.58 bits per heavy atom. The van der Waals surface area contributed by atoms with E-state index in [9.17, 15) is 13.6 Å². The van der Waals surface area contributed by atoms with Crippen LogP contribution in [0.2, 0.25) is 0 Å². The average molecular weight is 269 g/mol. The minimum Gasteiger partial charge on any atom is -0.462 e. The van der Waals surface area contributed by atoms with Gasteiger partial charge in [-0.05, 0) is 31.0 Å². The molecule has 6 heteroatoms. The number of aryl methyl sites for hydroxylation is 1. The van der Waals surface area contributed by atoms with Crippen LogP contribution in [-0.4, -0.2) is 19.2 Å². The molecule has 0 fully saturated rings. The zero-order chi connectivity index (χ0) is 14.4. The number of carbonyl (C=O) groups excluding carboxylic acids is 1. The Hall–Kier alpha value is -2.16. The Balaban J connectivity index is 3.30. The first-order chi connectivity index (χ1) is 9.03. The topological polar surface area (TPSA) is 59.3 Å². The predicted molar refractivity (Wildman–Crippen MR) is 63.1 cm³/mol. The van der Waals surface area contributed by atoms with Gasteiger partial charge in [0, 0.05) is 0 Å². The summed E-state index contributed by atoms with van der Waals surface area (Å²) < 4.78 is 33.7. The van der Waals surface area contributed by atoms with Crippen LogP contribution in [0.1, 0.15) is 35.3 Å². The number of benzene rings is 1. The van der Waals surface area contributed by atoms with Crippen molar-refractivity contribution in [3.8, 4) is 11.8 Å². The van der Waals surface area contributed by atoms with Crippen molar-refractivity contribution >= 4 is 5.97 Å². The van der Waals surface area contributed by atoms with Gasteiger partial charge in [0.2, 0.25) is 0 Å². The smallest absolute Gasteiger partial charge is 0.387 e. The Morgan fingerprint density at radius 2 is 2.11 bits per heavy atom. The fourth-order valence-electron chi connectivity index (χ4n) is 1.60. The molecule has 0 N–H and O–H groups in total. The standard InChI is InChI=1S/C13H13F2NO3/c1-3-8-5-9(12(17)18-4-2)6-11(10(8)7-16)19-13(14)15/h5-6,13H,3-4H2,1-2H3. The first-order valence-electron chi connectivity index (χ1n) is 5.72. The summed E-state index contributed by atoms with van der Waals surface area (Å²) in [6, 6.07) is 4.36. The molecule has 0 bridgehead atoms. The van der Waals surface area contributed by atoms with Crippen molar-refractivity contribution in [2.24, 2.45) is 0 Å². The molecule has 0 saturated heterocycles. The molecule has 102 valence electrons. The number of nitriles is 1. The van der Waals surface area contributed by atoms with Gasteiger partial charge in [-0.2, -0.15) is 14.0 Å². The molecule has 0 atom stereocenters. The number of hydrogen-bond donors (Lipinski definition) is 0. The molecule has 4 nitrogen and oxygen atoms in total. The maximum Gasteiger partial charge on any atom is 0.387 e. The van der Waals surface area contributed by atoms with E-state index in [1.54, 1.807) is 13.8 Å². The van der Waals surface area contributed by atoms with Crippen molar-refractivity contribution in [3.05, 3.63) is 28.8 Å². The molecule has 1 aromatic carbocycles. The van der Waals surface area contributed by atoms with E-state index >= 15 is 0 Å². The summed E-state index contributed by atoms with van der Waals surface area (Å²) in [5.41, 5.74) is 0.563. The summed E-state index contributed by atoms with van der Waals surface area (Å²) in [4.78, 5) is 11.6. The van der Waals surface area contributed by atoms with Gasteiger partial charge in [-0.15, -0.1) is 0 Å². The zero-order valence-corrected chi connectivity index (χ0v) is 10.6. The first-order valence-corrected chi connectivity index (χ1v) is 5.72. The van der Waals surface area contributed by atoms with Crippen LogP contribution < -0.4 is 4.74 Å². The molecule has 0 aliphatic rings. The van der Waals surface area contributed by atoms with Gasteiger partial charge >= 0.3 is 12.6 Å². The van der Waals surface area contributed by atoms with Crippen molar-refractivity contribution in [1.29, 1.82) is 5.26 Å². The number of nitrogens with zero attached hydrogens (tertiary/aromatic N) is 1. The summed E-state index contributed by atoms with van der Waals surface area (Å²) >= 11 is 0. The van der Waals surface area contributed by atoms with Crippen molar-refractivity contribution in [3.63, 3.8) is 0 Å². The van der Waals surface area contributed by atoms with Crippen molar-refractivity contribution < 1.29 is 23.0 Å². The minimum atomic E-state index is -3.06. The van der Waals surface area contributed by atoms with Crippen LogP contribution in [0.25, 0.3) is 0 Å². The van der Waals surface area contributed by atoms with Crippen LogP contribution in [0.4, 0.5) is 8.78 Å². The lowest BCUT2D eigenvalue weighted by molar-refractivity contribution is -0.0501. The highest BCUT2D eigenvalue weighted by molar-refractivity contribution is 5.90. The lowest BCUT2D eigenvalue weighted by Crippen LogP contribution is -2.10. The Morgan fingerprint density at radius 1 is 1.42 bits per heavy atom. The molecule has 19 heavy (non-hydrogen) atoms. The largest absolute Gasteiger partial charge is 0.462 e. The quantitative estimate of drug-likeness (QED) is 0.771. The van der Waals surface area contributed by atoms with E-state index in [2.05, 4.69) is 4.74 Å². The summed E-state index contributed by atoms with van der Waals surface area (Å²) in [7, 11) is 0. The second-order valence-electron chi connectivity index (χ2n) is 3.57. The zero-order valence-electron chi connectivity index (χ0n) is 10.6. The molecule has 0 amide bonds. The maximum atomic E-state index is 12.3. The molecule has 0 unspecified atom stereocenters. The number of carbonyl (C=O) groups is 1. The van der Waals surface area contributed by atoms with E-state index in [1.165, 1.54) is 6.07 Å². The molecule has 1 rings (SSSR count). The molecule has 0 aliphatic heterocycles. The van der Waals surface area contributed by atoms with E-state index in [0.29, 0.717) is 12.0 Å². The highest BCUT2D eigenvalue weighted by Crippen LogP contribution is 2.26. The SMILES string of the molecule is CCOC(=O)c1cc(CC)c(C#N)c(OC(F)F)c1. The van der Waals surface area contributed by atoms with Crippen LogP contribution in [0.3, 0.4) is 0 Å².